The highest BCUT2D eigenvalue weighted by Crippen LogP contribution is 2.22. The third-order valence-electron chi connectivity index (χ3n) is 4.44. The topological polar surface area (TPSA) is 35.5 Å². The maximum absolute atomic E-state index is 10.0. The van der Waals surface area contributed by atoms with Crippen LogP contribution in [0.3, 0.4) is 0 Å². The molecule has 0 unspecified atom stereocenters. The zero-order valence-corrected chi connectivity index (χ0v) is 13.8. The van der Waals surface area contributed by atoms with Gasteiger partial charge in [-0.25, -0.2) is 0 Å². The number of hydrogen-bond acceptors (Lipinski definition) is 4. The second kappa shape index (κ2) is 7.38. The Balaban J connectivity index is 1.56. The maximum atomic E-state index is 10.0. The zero-order chi connectivity index (χ0) is 15.4. The molecule has 1 aliphatic rings. The van der Waals surface area contributed by atoms with Crippen LogP contribution in [-0.2, 0) is 6.54 Å². The van der Waals surface area contributed by atoms with Crippen LogP contribution in [0, 0.1) is 0 Å². The SMILES string of the molecule is C[C@H](NC[C@H]1C[C@@H](O)CN1Cc1ccccc1)c1ccsc1. The van der Waals surface area contributed by atoms with Crippen LogP contribution in [0.5, 0.6) is 0 Å². The fourth-order valence-corrected chi connectivity index (χ4v) is 3.89. The molecular formula is C18H24N2OS. The molecule has 1 aromatic carbocycles. The van der Waals surface area contributed by atoms with Gasteiger partial charge in [-0.1, -0.05) is 30.3 Å². The molecule has 2 heterocycles. The molecule has 0 spiro atoms. The lowest BCUT2D eigenvalue weighted by Crippen LogP contribution is -2.38. The normalized spacial score (nSPS) is 23.7. The summed E-state index contributed by atoms with van der Waals surface area (Å²) in [6, 6.07) is 13.4. The molecule has 3 atom stereocenters. The van der Waals surface area contributed by atoms with Gasteiger partial charge >= 0.3 is 0 Å². The van der Waals surface area contributed by atoms with Gasteiger partial charge in [0.25, 0.3) is 0 Å². The van der Waals surface area contributed by atoms with Gasteiger partial charge < -0.3 is 10.4 Å². The molecule has 0 saturated carbocycles. The largest absolute Gasteiger partial charge is 0.392 e. The maximum Gasteiger partial charge on any atom is 0.0682 e. The van der Waals surface area contributed by atoms with Crippen molar-refractivity contribution in [2.75, 3.05) is 13.1 Å². The lowest BCUT2D eigenvalue weighted by atomic mass is 10.1. The quantitative estimate of drug-likeness (QED) is 0.860. The molecule has 0 bridgehead atoms. The van der Waals surface area contributed by atoms with E-state index < -0.39 is 0 Å². The first kappa shape index (κ1) is 15.7. The van der Waals surface area contributed by atoms with Crippen LogP contribution < -0.4 is 5.32 Å². The Kier molecular flexibility index (Phi) is 5.26. The van der Waals surface area contributed by atoms with Crippen molar-refractivity contribution in [1.29, 1.82) is 0 Å². The Morgan fingerprint density at radius 2 is 2.14 bits per heavy atom. The van der Waals surface area contributed by atoms with E-state index in [1.807, 2.05) is 6.07 Å². The van der Waals surface area contributed by atoms with Crippen molar-refractivity contribution in [2.45, 2.75) is 38.1 Å². The lowest BCUT2D eigenvalue weighted by molar-refractivity contribution is 0.172. The van der Waals surface area contributed by atoms with E-state index in [1.54, 1.807) is 11.3 Å². The summed E-state index contributed by atoms with van der Waals surface area (Å²) in [7, 11) is 0. The van der Waals surface area contributed by atoms with Crippen LogP contribution in [-0.4, -0.2) is 35.2 Å². The molecule has 0 radical (unpaired) electrons. The van der Waals surface area contributed by atoms with Crippen molar-refractivity contribution >= 4 is 11.3 Å². The lowest BCUT2D eigenvalue weighted by Gasteiger charge is -2.26. The minimum absolute atomic E-state index is 0.202. The number of nitrogens with zero attached hydrogens (tertiary/aromatic N) is 1. The summed E-state index contributed by atoms with van der Waals surface area (Å²) in [6.07, 6.45) is 0.655. The van der Waals surface area contributed by atoms with Gasteiger partial charge in [-0.2, -0.15) is 11.3 Å². The van der Waals surface area contributed by atoms with Crippen molar-refractivity contribution in [3.8, 4) is 0 Å². The van der Waals surface area contributed by atoms with Crippen molar-refractivity contribution in [3.63, 3.8) is 0 Å². The first-order chi connectivity index (χ1) is 10.7. The number of aliphatic hydroxyl groups excluding tert-OH is 1. The number of rotatable bonds is 6. The molecule has 1 saturated heterocycles. The van der Waals surface area contributed by atoms with Crippen molar-refractivity contribution in [3.05, 3.63) is 58.3 Å². The Morgan fingerprint density at radius 1 is 1.32 bits per heavy atom. The summed E-state index contributed by atoms with van der Waals surface area (Å²) in [5, 5.41) is 18.0. The zero-order valence-electron chi connectivity index (χ0n) is 13.0. The van der Waals surface area contributed by atoms with E-state index in [4.69, 9.17) is 0 Å². The molecule has 4 heteroatoms. The second-order valence-corrected chi connectivity index (χ2v) is 6.93. The standard InChI is InChI=1S/C18H24N2OS/c1-14(16-7-8-22-13-16)19-10-17-9-18(21)12-20(17)11-15-5-3-2-4-6-15/h2-8,13-14,17-19,21H,9-12H2,1H3/t14-,17+,18+/m0/s1. The second-order valence-electron chi connectivity index (χ2n) is 6.15. The Hall–Kier alpha value is -1.20. The number of thiophene rings is 1. The fourth-order valence-electron chi connectivity index (χ4n) is 3.13. The first-order valence-electron chi connectivity index (χ1n) is 7.94. The van der Waals surface area contributed by atoms with E-state index in [9.17, 15) is 5.11 Å². The molecule has 2 N–H and O–H groups in total. The van der Waals surface area contributed by atoms with E-state index in [2.05, 4.69) is 58.2 Å². The molecule has 1 aliphatic heterocycles. The Bertz CT molecular complexity index is 558. The third kappa shape index (κ3) is 3.96. The van der Waals surface area contributed by atoms with Gasteiger partial charge in [0.05, 0.1) is 6.10 Å². The van der Waals surface area contributed by atoms with E-state index >= 15 is 0 Å². The molecule has 3 rings (SSSR count). The number of β-amino-alcohol motifs (C(OH)–C–C–N with tert-alkyl or cyclic N) is 1. The highest BCUT2D eigenvalue weighted by Gasteiger charge is 2.30. The predicted molar refractivity (Wildman–Crippen MR) is 92.0 cm³/mol. The number of likely N-dealkylation sites (tertiary alicyclic amines) is 1. The molecule has 1 aromatic heterocycles. The minimum Gasteiger partial charge on any atom is -0.392 e. The minimum atomic E-state index is -0.202. The summed E-state index contributed by atoms with van der Waals surface area (Å²) in [6.45, 7) is 4.81. The van der Waals surface area contributed by atoms with Crippen LogP contribution in [0.25, 0.3) is 0 Å². The molecule has 118 valence electrons. The Morgan fingerprint density at radius 3 is 2.86 bits per heavy atom. The summed E-state index contributed by atoms with van der Waals surface area (Å²) in [5.74, 6) is 0. The monoisotopic (exact) mass is 316 g/mol. The molecule has 22 heavy (non-hydrogen) atoms. The number of benzene rings is 1. The summed E-state index contributed by atoms with van der Waals surface area (Å²) in [4.78, 5) is 2.40. The van der Waals surface area contributed by atoms with Gasteiger partial charge in [-0.3, -0.25) is 4.90 Å². The van der Waals surface area contributed by atoms with Crippen LogP contribution in [0.4, 0.5) is 0 Å². The van der Waals surface area contributed by atoms with Crippen molar-refractivity contribution < 1.29 is 5.11 Å². The van der Waals surface area contributed by atoms with Gasteiger partial charge in [0.1, 0.15) is 0 Å². The molecule has 0 aliphatic carbocycles. The highest BCUT2D eigenvalue weighted by atomic mass is 32.1. The van der Waals surface area contributed by atoms with E-state index in [1.165, 1.54) is 11.1 Å². The van der Waals surface area contributed by atoms with Gasteiger partial charge in [-0.15, -0.1) is 0 Å². The smallest absolute Gasteiger partial charge is 0.0682 e. The third-order valence-corrected chi connectivity index (χ3v) is 5.14. The van der Waals surface area contributed by atoms with Gasteiger partial charge in [0.2, 0.25) is 0 Å². The molecule has 3 nitrogen and oxygen atoms in total. The van der Waals surface area contributed by atoms with Crippen LogP contribution in [0.1, 0.15) is 30.5 Å². The summed E-state index contributed by atoms with van der Waals surface area (Å²) >= 11 is 1.74. The van der Waals surface area contributed by atoms with Crippen LogP contribution >= 0.6 is 11.3 Å². The summed E-state index contributed by atoms with van der Waals surface area (Å²) < 4.78 is 0. The summed E-state index contributed by atoms with van der Waals surface area (Å²) in [5.41, 5.74) is 2.66. The molecule has 1 fully saturated rings. The van der Waals surface area contributed by atoms with E-state index in [-0.39, 0.29) is 6.10 Å². The van der Waals surface area contributed by atoms with Crippen molar-refractivity contribution in [2.24, 2.45) is 0 Å². The average molecular weight is 316 g/mol. The van der Waals surface area contributed by atoms with Crippen LogP contribution in [0.15, 0.2) is 47.2 Å². The number of aliphatic hydroxyl groups is 1. The highest BCUT2D eigenvalue weighted by molar-refractivity contribution is 7.07. The number of hydrogen-bond donors (Lipinski definition) is 2. The Labute approximate surface area is 136 Å². The first-order valence-corrected chi connectivity index (χ1v) is 8.88. The van der Waals surface area contributed by atoms with E-state index in [0.29, 0.717) is 12.1 Å². The van der Waals surface area contributed by atoms with E-state index in [0.717, 1.165) is 26.1 Å². The molecule has 0 amide bonds. The van der Waals surface area contributed by atoms with Crippen molar-refractivity contribution in [1.82, 2.24) is 10.2 Å². The fraction of sp³-hybridized carbons (Fsp3) is 0.444. The molecular weight excluding hydrogens is 292 g/mol. The van der Waals surface area contributed by atoms with Gasteiger partial charge in [0.15, 0.2) is 0 Å². The van der Waals surface area contributed by atoms with Crippen LogP contribution in [0.2, 0.25) is 0 Å². The van der Waals surface area contributed by atoms with Gasteiger partial charge in [-0.05, 0) is 41.3 Å². The average Bonchev–Trinajstić information content (AvgIpc) is 3.16. The van der Waals surface area contributed by atoms with Gasteiger partial charge in [0, 0.05) is 31.7 Å². The number of nitrogens with one attached hydrogen (secondary N) is 1. The molecule has 2 aromatic rings. The predicted octanol–water partition coefficient (Wildman–Crippen LogP) is 3.03.